The van der Waals surface area contributed by atoms with Crippen LogP contribution in [0.2, 0.25) is 0 Å². The van der Waals surface area contributed by atoms with Gasteiger partial charge in [-0.05, 0) is 24.7 Å². The van der Waals surface area contributed by atoms with Crippen molar-refractivity contribution < 1.29 is 4.74 Å². The zero-order chi connectivity index (χ0) is 6.27. The summed E-state index contributed by atoms with van der Waals surface area (Å²) in [6.45, 7) is 1.94. The van der Waals surface area contributed by atoms with Gasteiger partial charge >= 0.3 is 0 Å². The van der Waals surface area contributed by atoms with Crippen molar-refractivity contribution in [3.8, 4) is 0 Å². The van der Waals surface area contributed by atoms with E-state index in [-0.39, 0.29) is 0 Å². The molecular formula is C7H13NO. The first-order chi connectivity index (χ1) is 4.38. The lowest BCUT2D eigenvalue weighted by Gasteiger charge is -2.02. The zero-order valence-corrected chi connectivity index (χ0v) is 5.55. The Morgan fingerprint density at radius 3 is 2.67 bits per heavy atom. The Kier molecular flexibility index (Phi) is 1.24. The molecule has 2 heteroatoms. The highest BCUT2D eigenvalue weighted by molar-refractivity contribution is 4.95. The van der Waals surface area contributed by atoms with Gasteiger partial charge in [0.15, 0.2) is 0 Å². The minimum absolute atomic E-state index is 0.511. The van der Waals surface area contributed by atoms with E-state index in [0.717, 1.165) is 25.0 Å². The summed E-state index contributed by atoms with van der Waals surface area (Å²) in [4.78, 5) is 0. The number of hydrogen-bond donors (Lipinski definition) is 1. The van der Waals surface area contributed by atoms with E-state index in [9.17, 15) is 0 Å². The first-order valence-corrected chi connectivity index (χ1v) is 3.71. The summed E-state index contributed by atoms with van der Waals surface area (Å²) >= 11 is 0. The van der Waals surface area contributed by atoms with Crippen molar-refractivity contribution in [1.82, 2.24) is 0 Å². The maximum Gasteiger partial charge on any atom is 0.0498 e. The Morgan fingerprint density at radius 2 is 2.22 bits per heavy atom. The lowest BCUT2D eigenvalue weighted by molar-refractivity contribution is 0.181. The van der Waals surface area contributed by atoms with Gasteiger partial charge in [-0.2, -0.15) is 0 Å². The summed E-state index contributed by atoms with van der Waals surface area (Å²) in [5, 5.41) is 0. The molecule has 0 amide bonds. The molecule has 1 heterocycles. The molecule has 1 saturated carbocycles. The Morgan fingerprint density at radius 1 is 1.44 bits per heavy atom. The van der Waals surface area contributed by atoms with Gasteiger partial charge in [-0.15, -0.1) is 0 Å². The monoisotopic (exact) mass is 127 g/mol. The van der Waals surface area contributed by atoms with Gasteiger partial charge in [0.2, 0.25) is 0 Å². The van der Waals surface area contributed by atoms with E-state index in [1.54, 1.807) is 0 Å². The minimum Gasteiger partial charge on any atom is -0.381 e. The second-order valence-corrected chi connectivity index (χ2v) is 3.19. The molecule has 0 aromatic carbocycles. The lowest BCUT2D eigenvalue weighted by Crippen LogP contribution is -2.10. The predicted molar refractivity (Wildman–Crippen MR) is 35.0 cm³/mol. The molecule has 2 nitrogen and oxygen atoms in total. The number of rotatable bonds is 1. The smallest absolute Gasteiger partial charge is 0.0498 e. The van der Waals surface area contributed by atoms with Crippen LogP contribution in [-0.4, -0.2) is 19.3 Å². The third-order valence-electron chi connectivity index (χ3n) is 2.46. The van der Waals surface area contributed by atoms with Crippen molar-refractivity contribution in [3.05, 3.63) is 0 Å². The molecule has 1 saturated heterocycles. The van der Waals surface area contributed by atoms with Crippen molar-refractivity contribution in [2.45, 2.75) is 18.9 Å². The summed E-state index contributed by atoms with van der Waals surface area (Å²) in [7, 11) is 0. The van der Waals surface area contributed by atoms with Gasteiger partial charge in [0.1, 0.15) is 0 Å². The van der Waals surface area contributed by atoms with Crippen LogP contribution in [0.3, 0.4) is 0 Å². The van der Waals surface area contributed by atoms with Crippen LogP contribution in [0.4, 0.5) is 0 Å². The van der Waals surface area contributed by atoms with Crippen LogP contribution in [0.15, 0.2) is 0 Å². The van der Waals surface area contributed by atoms with E-state index >= 15 is 0 Å². The molecule has 52 valence electrons. The molecule has 0 radical (unpaired) electrons. The Hall–Kier alpha value is -0.0800. The van der Waals surface area contributed by atoms with Crippen molar-refractivity contribution in [2.24, 2.45) is 17.6 Å². The highest BCUT2D eigenvalue weighted by atomic mass is 16.5. The zero-order valence-electron chi connectivity index (χ0n) is 5.55. The van der Waals surface area contributed by atoms with Crippen LogP contribution in [0, 0.1) is 11.8 Å². The SMILES string of the molecule is N[C@@H]1C[C@@H]1[C@@H]1CCOC1. The van der Waals surface area contributed by atoms with Crippen molar-refractivity contribution in [2.75, 3.05) is 13.2 Å². The van der Waals surface area contributed by atoms with Gasteiger partial charge in [-0.1, -0.05) is 0 Å². The van der Waals surface area contributed by atoms with E-state index in [0.29, 0.717) is 6.04 Å². The topological polar surface area (TPSA) is 35.2 Å². The van der Waals surface area contributed by atoms with E-state index in [4.69, 9.17) is 10.5 Å². The molecule has 1 aliphatic heterocycles. The highest BCUT2D eigenvalue weighted by Crippen LogP contribution is 2.39. The average molecular weight is 127 g/mol. The van der Waals surface area contributed by atoms with Crippen LogP contribution in [0.5, 0.6) is 0 Å². The van der Waals surface area contributed by atoms with Crippen LogP contribution < -0.4 is 5.73 Å². The van der Waals surface area contributed by atoms with Crippen LogP contribution in [0.25, 0.3) is 0 Å². The second kappa shape index (κ2) is 1.96. The van der Waals surface area contributed by atoms with Crippen LogP contribution in [-0.2, 0) is 4.74 Å². The Labute approximate surface area is 55.4 Å². The maximum absolute atomic E-state index is 5.69. The molecule has 1 aliphatic carbocycles. The molecule has 2 rings (SSSR count). The summed E-state index contributed by atoms with van der Waals surface area (Å²) < 4.78 is 5.25. The summed E-state index contributed by atoms with van der Waals surface area (Å²) in [5.41, 5.74) is 5.69. The molecule has 3 atom stereocenters. The van der Waals surface area contributed by atoms with Crippen molar-refractivity contribution in [3.63, 3.8) is 0 Å². The first kappa shape index (κ1) is 5.69. The fourth-order valence-corrected chi connectivity index (χ4v) is 1.67. The highest BCUT2D eigenvalue weighted by Gasteiger charge is 2.41. The van der Waals surface area contributed by atoms with Crippen LogP contribution in [0.1, 0.15) is 12.8 Å². The molecule has 2 aliphatic rings. The van der Waals surface area contributed by atoms with Gasteiger partial charge in [0.25, 0.3) is 0 Å². The summed E-state index contributed by atoms with van der Waals surface area (Å²) in [6.07, 6.45) is 2.49. The maximum atomic E-state index is 5.69. The Balaban J connectivity index is 1.85. The number of nitrogens with two attached hydrogens (primary N) is 1. The normalized spacial score (nSPS) is 49.7. The van der Waals surface area contributed by atoms with E-state index in [1.165, 1.54) is 12.8 Å². The molecule has 2 fully saturated rings. The molecule has 0 aromatic heterocycles. The molecule has 0 aromatic rings. The minimum atomic E-state index is 0.511. The van der Waals surface area contributed by atoms with Crippen LogP contribution >= 0.6 is 0 Å². The van der Waals surface area contributed by atoms with Gasteiger partial charge < -0.3 is 10.5 Å². The van der Waals surface area contributed by atoms with E-state index in [2.05, 4.69) is 0 Å². The largest absolute Gasteiger partial charge is 0.381 e. The summed E-state index contributed by atoms with van der Waals surface area (Å²) in [6, 6.07) is 0.511. The standard InChI is InChI=1S/C7H13NO/c8-7-3-6(7)5-1-2-9-4-5/h5-7H,1-4,8H2/t5-,6-,7-/m1/s1. The third-order valence-corrected chi connectivity index (χ3v) is 2.46. The lowest BCUT2D eigenvalue weighted by atomic mass is 10.0. The second-order valence-electron chi connectivity index (χ2n) is 3.19. The molecule has 0 unspecified atom stereocenters. The van der Waals surface area contributed by atoms with Crippen molar-refractivity contribution >= 4 is 0 Å². The number of ether oxygens (including phenoxy) is 1. The van der Waals surface area contributed by atoms with E-state index in [1.807, 2.05) is 0 Å². The van der Waals surface area contributed by atoms with Gasteiger partial charge in [-0.25, -0.2) is 0 Å². The third kappa shape index (κ3) is 0.970. The molecular weight excluding hydrogens is 114 g/mol. The fourth-order valence-electron chi connectivity index (χ4n) is 1.67. The molecule has 9 heavy (non-hydrogen) atoms. The van der Waals surface area contributed by atoms with Gasteiger partial charge in [0.05, 0.1) is 0 Å². The number of hydrogen-bond acceptors (Lipinski definition) is 2. The Bertz CT molecular complexity index is 109. The predicted octanol–water partition coefficient (Wildman–Crippen LogP) is 0.370. The quantitative estimate of drug-likeness (QED) is 0.552. The molecule has 0 bridgehead atoms. The van der Waals surface area contributed by atoms with Gasteiger partial charge in [-0.3, -0.25) is 0 Å². The van der Waals surface area contributed by atoms with E-state index < -0.39 is 0 Å². The first-order valence-electron chi connectivity index (χ1n) is 3.71. The fraction of sp³-hybridized carbons (Fsp3) is 1.00. The summed E-state index contributed by atoms with van der Waals surface area (Å²) in [5.74, 6) is 1.62. The molecule has 0 spiro atoms. The average Bonchev–Trinajstić information content (AvgIpc) is 2.44. The van der Waals surface area contributed by atoms with Gasteiger partial charge in [0, 0.05) is 19.3 Å². The molecule has 2 N–H and O–H groups in total. The van der Waals surface area contributed by atoms with Crippen molar-refractivity contribution in [1.29, 1.82) is 0 Å².